The topological polar surface area (TPSA) is 58.3 Å². The molecule has 0 aliphatic rings. The predicted octanol–water partition coefficient (Wildman–Crippen LogP) is 0.748. The van der Waals surface area contributed by atoms with E-state index in [1.165, 1.54) is 0 Å². The molecule has 0 heterocycles. The third kappa shape index (κ3) is 1.72. The van der Waals surface area contributed by atoms with Crippen LogP contribution in [0.5, 0.6) is 0 Å². The summed E-state index contributed by atoms with van der Waals surface area (Å²) >= 11 is 0. The van der Waals surface area contributed by atoms with E-state index >= 15 is 0 Å². The molecular weight excluding hydrogens is 128 g/mol. The summed E-state index contributed by atoms with van der Waals surface area (Å²) in [6.07, 6.45) is 0. The number of nitrogens with two attached hydrogens (primary N) is 1. The molecule has 0 aromatic heterocycles. The summed E-state index contributed by atoms with van der Waals surface area (Å²) in [4.78, 5) is 0. The molecule has 3 nitrogen and oxygen atoms in total. The van der Waals surface area contributed by atoms with Crippen LogP contribution in [-0.4, -0.2) is 5.21 Å². The van der Waals surface area contributed by atoms with Crippen molar-refractivity contribution in [3.63, 3.8) is 0 Å². The van der Waals surface area contributed by atoms with Crippen LogP contribution >= 0.6 is 0 Å². The number of hydroxylamine groups is 1. The maximum absolute atomic E-state index is 8.32. The largest absolute Gasteiger partial charge is 0.399 e. The Balaban J connectivity index is 2.75. The van der Waals surface area contributed by atoms with Crippen LogP contribution in [-0.2, 0) is 6.54 Å². The zero-order valence-electron chi connectivity index (χ0n) is 5.54. The Morgan fingerprint density at radius 1 is 1.50 bits per heavy atom. The molecule has 0 bridgehead atoms. The highest BCUT2D eigenvalue weighted by Gasteiger charge is 1.89. The predicted molar refractivity (Wildman–Crippen MR) is 39.5 cm³/mol. The summed E-state index contributed by atoms with van der Waals surface area (Å²) in [5, 5.41) is 8.32. The van der Waals surface area contributed by atoms with E-state index in [2.05, 4.69) is 5.48 Å². The van der Waals surface area contributed by atoms with Gasteiger partial charge in [0.25, 0.3) is 0 Å². The molecule has 0 spiro atoms. The Morgan fingerprint density at radius 2 is 2.30 bits per heavy atom. The molecule has 0 amide bonds. The van der Waals surface area contributed by atoms with Gasteiger partial charge in [0.1, 0.15) is 0 Å². The second kappa shape index (κ2) is 3.20. The molecule has 0 aliphatic carbocycles. The zero-order valence-corrected chi connectivity index (χ0v) is 5.54. The van der Waals surface area contributed by atoms with Crippen molar-refractivity contribution in [3.05, 3.63) is 29.8 Å². The van der Waals surface area contributed by atoms with Crippen molar-refractivity contribution >= 4 is 5.69 Å². The molecule has 4 N–H and O–H groups in total. The highest BCUT2D eigenvalue weighted by molar-refractivity contribution is 5.40. The standard InChI is InChI=1S/C7H10N2O/c8-7-3-1-2-6(4-7)5-9-10/h1-4,9-10H,5,8H2. The molecule has 0 saturated carbocycles. The van der Waals surface area contributed by atoms with Gasteiger partial charge >= 0.3 is 0 Å². The van der Waals surface area contributed by atoms with Gasteiger partial charge in [0, 0.05) is 12.2 Å². The molecule has 1 aromatic rings. The van der Waals surface area contributed by atoms with E-state index in [-0.39, 0.29) is 0 Å². The zero-order chi connectivity index (χ0) is 7.40. The van der Waals surface area contributed by atoms with E-state index in [4.69, 9.17) is 10.9 Å². The van der Waals surface area contributed by atoms with Crippen LogP contribution in [0, 0.1) is 0 Å². The maximum Gasteiger partial charge on any atom is 0.0458 e. The molecule has 54 valence electrons. The first kappa shape index (κ1) is 7.05. The van der Waals surface area contributed by atoms with E-state index in [0.717, 1.165) is 5.56 Å². The second-order valence-electron chi connectivity index (χ2n) is 2.08. The smallest absolute Gasteiger partial charge is 0.0458 e. The average Bonchev–Trinajstić information content (AvgIpc) is 1.88. The van der Waals surface area contributed by atoms with Gasteiger partial charge in [-0.1, -0.05) is 12.1 Å². The van der Waals surface area contributed by atoms with Crippen molar-refractivity contribution in [2.24, 2.45) is 0 Å². The quantitative estimate of drug-likeness (QED) is 0.417. The van der Waals surface area contributed by atoms with Gasteiger partial charge in [-0.2, -0.15) is 0 Å². The molecule has 1 rings (SSSR count). The molecule has 3 heteroatoms. The van der Waals surface area contributed by atoms with E-state index in [1.54, 1.807) is 6.07 Å². The number of hydrogen-bond acceptors (Lipinski definition) is 3. The molecule has 0 unspecified atom stereocenters. The van der Waals surface area contributed by atoms with Crippen molar-refractivity contribution in [1.82, 2.24) is 5.48 Å². The minimum atomic E-state index is 0.436. The fourth-order valence-electron chi connectivity index (χ4n) is 0.794. The number of anilines is 1. The highest BCUT2D eigenvalue weighted by atomic mass is 16.5. The van der Waals surface area contributed by atoms with Crippen LogP contribution in [0.3, 0.4) is 0 Å². The van der Waals surface area contributed by atoms with Crippen LogP contribution in [0.2, 0.25) is 0 Å². The summed E-state index contributed by atoms with van der Waals surface area (Å²) in [5.74, 6) is 0. The average molecular weight is 138 g/mol. The summed E-state index contributed by atoms with van der Waals surface area (Å²) in [5.41, 5.74) is 9.23. The van der Waals surface area contributed by atoms with Crippen LogP contribution in [0.15, 0.2) is 24.3 Å². The van der Waals surface area contributed by atoms with Crippen molar-refractivity contribution in [2.45, 2.75) is 6.54 Å². The Bertz CT molecular complexity index is 213. The molecular formula is C7H10N2O. The Hall–Kier alpha value is -1.06. The van der Waals surface area contributed by atoms with E-state index < -0.39 is 0 Å². The first-order valence-corrected chi connectivity index (χ1v) is 3.04. The summed E-state index contributed by atoms with van der Waals surface area (Å²) in [6.45, 7) is 0.436. The summed E-state index contributed by atoms with van der Waals surface area (Å²) in [6, 6.07) is 7.35. The summed E-state index contributed by atoms with van der Waals surface area (Å²) in [7, 11) is 0. The number of nitrogen functional groups attached to an aromatic ring is 1. The molecule has 0 radical (unpaired) electrons. The van der Waals surface area contributed by atoms with Crippen molar-refractivity contribution in [2.75, 3.05) is 5.73 Å². The number of hydrogen-bond donors (Lipinski definition) is 3. The van der Waals surface area contributed by atoms with Gasteiger partial charge in [0.15, 0.2) is 0 Å². The van der Waals surface area contributed by atoms with E-state index in [1.807, 2.05) is 18.2 Å². The lowest BCUT2D eigenvalue weighted by atomic mass is 10.2. The minimum Gasteiger partial charge on any atom is -0.399 e. The first-order chi connectivity index (χ1) is 4.83. The monoisotopic (exact) mass is 138 g/mol. The summed E-state index contributed by atoms with van der Waals surface area (Å²) < 4.78 is 0. The number of benzene rings is 1. The van der Waals surface area contributed by atoms with Crippen LogP contribution in [0.4, 0.5) is 5.69 Å². The highest BCUT2D eigenvalue weighted by Crippen LogP contribution is 2.05. The van der Waals surface area contributed by atoms with Crippen molar-refractivity contribution in [3.8, 4) is 0 Å². The third-order valence-corrected chi connectivity index (χ3v) is 1.23. The van der Waals surface area contributed by atoms with Crippen LogP contribution in [0.1, 0.15) is 5.56 Å². The van der Waals surface area contributed by atoms with Gasteiger partial charge in [0.2, 0.25) is 0 Å². The van der Waals surface area contributed by atoms with Gasteiger partial charge in [-0.25, -0.2) is 5.48 Å². The van der Waals surface area contributed by atoms with Crippen molar-refractivity contribution in [1.29, 1.82) is 0 Å². The van der Waals surface area contributed by atoms with Crippen LogP contribution < -0.4 is 11.2 Å². The van der Waals surface area contributed by atoms with Crippen molar-refractivity contribution < 1.29 is 5.21 Å². The van der Waals surface area contributed by atoms with Gasteiger partial charge in [-0.15, -0.1) is 0 Å². The van der Waals surface area contributed by atoms with Gasteiger partial charge in [-0.3, -0.25) is 0 Å². The second-order valence-corrected chi connectivity index (χ2v) is 2.08. The number of rotatable bonds is 2. The Morgan fingerprint density at radius 3 is 2.90 bits per heavy atom. The lowest BCUT2D eigenvalue weighted by Gasteiger charge is -1.98. The molecule has 1 aromatic carbocycles. The van der Waals surface area contributed by atoms with Gasteiger partial charge in [-0.05, 0) is 17.7 Å². The van der Waals surface area contributed by atoms with E-state index in [9.17, 15) is 0 Å². The Labute approximate surface area is 59.4 Å². The lowest BCUT2D eigenvalue weighted by molar-refractivity contribution is 0.161. The minimum absolute atomic E-state index is 0.436. The lowest BCUT2D eigenvalue weighted by Crippen LogP contribution is -2.05. The molecule has 0 aliphatic heterocycles. The number of nitrogens with one attached hydrogen (secondary N) is 1. The van der Waals surface area contributed by atoms with Gasteiger partial charge < -0.3 is 10.9 Å². The molecule has 0 atom stereocenters. The molecule has 0 fully saturated rings. The SMILES string of the molecule is Nc1cccc(CNO)c1. The third-order valence-electron chi connectivity index (χ3n) is 1.23. The maximum atomic E-state index is 8.32. The van der Waals surface area contributed by atoms with E-state index in [0.29, 0.717) is 12.2 Å². The van der Waals surface area contributed by atoms with Gasteiger partial charge in [0.05, 0.1) is 0 Å². The first-order valence-electron chi connectivity index (χ1n) is 3.04. The fraction of sp³-hybridized carbons (Fsp3) is 0.143. The fourth-order valence-corrected chi connectivity index (χ4v) is 0.794. The Kier molecular flexibility index (Phi) is 2.25. The normalized spacial score (nSPS) is 9.70. The molecule has 0 saturated heterocycles. The van der Waals surface area contributed by atoms with Crippen LogP contribution in [0.25, 0.3) is 0 Å². The molecule has 10 heavy (non-hydrogen) atoms.